The molecular weight excluding hydrogens is 527 g/mol. The largest absolute Gasteiger partial charge is 0.483 e. The Balaban J connectivity index is 2.22. The molecule has 2 aromatic carbocycles. The number of carbonyl (C=O) groups is 2. The van der Waals surface area contributed by atoms with Crippen molar-refractivity contribution in [1.82, 2.24) is 10.2 Å². The van der Waals surface area contributed by atoms with Crippen LogP contribution in [-0.4, -0.2) is 35.9 Å². The van der Waals surface area contributed by atoms with E-state index in [4.69, 9.17) is 27.9 Å². The molecular formula is C25H31BrCl2N2O3. The lowest BCUT2D eigenvalue weighted by Gasteiger charge is -2.29. The van der Waals surface area contributed by atoms with Gasteiger partial charge in [0.05, 0.1) is 4.47 Å². The number of nitrogens with zero attached hydrogens (tertiary/aromatic N) is 1. The molecule has 5 nitrogen and oxygen atoms in total. The molecule has 0 bridgehead atoms. The highest BCUT2D eigenvalue weighted by atomic mass is 79.9. The first-order valence-corrected chi connectivity index (χ1v) is 12.5. The van der Waals surface area contributed by atoms with Gasteiger partial charge in [0.2, 0.25) is 5.91 Å². The molecule has 0 unspecified atom stereocenters. The fourth-order valence-electron chi connectivity index (χ4n) is 3.10. The zero-order valence-corrected chi connectivity index (χ0v) is 22.7. The van der Waals surface area contributed by atoms with Crippen molar-refractivity contribution in [3.63, 3.8) is 0 Å². The number of rotatable bonds is 10. The second-order valence-corrected chi connectivity index (χ2v) is 10.3. The lowest BCUT2D eigenvalue weighted by Crippen LogP contribution is -2.49. The van der Waals surface area contributed by atoms with E-state index >= 15 is 0 Å². The predicted octanol–water partition coefficient (Wildman–Crippen LogP) is 6.45. The van der Waals surface area contributed by atoms with E-state index in [-0.39, 0.29) is 30.9 Å². The van der Waals surface area contributed by atoms with Gasteiger partial charge < -0.3 is 15.0 Å². The summed E-state index contributed by atoms with van der Waals surface area (Å²) < 4.78 is 6.57. The van der Waals surface area contributed by atoms with Gasteiger partial charge in [-0.1, -0.05) is 63.0 Å². The Bertz CT molecular complexity index is 962. The summed E-state index contributed by atoms with van der Waals surface area (Å²) in [6.07, 6.45) is 0. The number of amides is 2. The van der Waals surface area contributed by atoms with E-state index in [9.17, 15) is 9.59 Å². The second-order valence-electron chi connectivity index (χ2n) is 8.67. The Labute approximate surface area is 214 Å². The van der Waals surface area contributed by atoms with E-state index in [1.54, 1.807) is 25.1 Å². The van der Waals surface area contributed by atoms with Crippen molar-refractivity contribution in [2.75, 3.05) is 13.2 Å². The van der Waals surface area contributed by atoms with Crippen LogP contribution in [-0.2, 0) is 16.1 Å². The van der Waals surface area contributed by atoms with Crippen LogP contribution in [0.1, 0.15) is 51.7 Å². The molecule has 33 heavy (non-hydrogen) atoms. The molecule has 180 valence electrons. The molecule has 0 fully saturated rings. The van der Waals surface area contributed by atoms with Gasteiger partial charge in [0, 0.05) is 28.7 Å². The van der Waals surface area contributed by atoms with Crippen LogP contribution in [0.5, 0.6) is 5.75 Å². The Kier molecular flexibility index (Phi) is 10.5. The monoisotopic (exact) mass is 556 g/mol. The molecule has 2 amide bonds. The molecule has 1 N–H and O–H groups in total. The van der Waals surface area contributed by atoms with E-state index in [0.29, 0.717) is 33.8 Å². The molecule has 0 aromatic heterocycles. The van der Waals surface area contributed by atoms with E-state index in [1.807, 2.05) is 32.0 Å². The number of nitrogens with one attached hydrogen (secondary N) is 1. The standard InChI is InChI=1S/C25H31BrCl2N2O3/c1-15(2)12-29-25(32)17(5)30(13-19-21(27)7-6-8-22(19)28)24(31)14-33-23-10-9-18(16(3)4)11-20(23)26/h6-11,15-17H,12-14H2,1-5H3,(H,29,32)/t17-/m1/s1. The number of benzene rings is 2. The minimum Gasteiger partial charge on any atom is -0.483 e. The fourth-order valence-corrected chi connectivity index (χ4v) is 4.13. The van der Waals surface area contributed by atoms with E-state index in [2.05, 4.69) is 35.1 Å². The number of carbonyl (C=O) groups excluding carboxylic acids is 2. The van der Waals surface area contributed by atoms with E-state index in [0.717, 1.165) is 10.0 Å². The SMILES string of the molecule is CC(C)CNC(=O)[C@@H](C)N(Cc1c(Cl)cccc1Cl)C(=O)COc1ccc(C(C)C)cc1Br. The third-order valence-electron chi connectivity index (χ3n) is 5.22. The summed E-state index contributed by atoms with van der Waals surface area (Å²) in [7, 11) is 0. The van der Waals surface area contributed by atoms with Crippen LogP contribution < -0.4 is 10.1 Å². The molecule has 0 saturated heterocycles. The third kappa shape index (κ3) is 7.90. The third-order valence-corrected chi connectivity index (χ3v) is 6.54. The zero-order valence-electron chi connectivity index (χ0n) is 19.6. The van der Waals surface area contributed by atoms with Crippen LogP contribution in [0, 0.1) is 5.92 Å². The van der Waals surface area contributed by atoms with Crippen LogP contribution in [0.4, 0.5) is 0 Å². The van der Waals surface area contributed by atoms with Gasteiger partial charge in [0.15, 0.2) is 6.61 Å². The Morgan fingerprint density at radius 1 is 1.06 bits per heavy atom. The molecule has 0 saturated carbocycles. The molecule has 0 heterocycles. The van der Waals surface area contributed by atoms with Crippen LogP contribution in [0.3, 0.4) is 0 Å². The maximum absolute atomic E-state index is 13.2. The zero-order chi connectivity index (χ0) is 24.7. The van der Waals surface area contributed by atoms with Gasteiger partial charge in [-0.25, -0.2) is 0 Å². The predicted molar refractivity (Wildman–Crippen MR) is 138 cm³/mol. The molecule has 8 heteroatoms. The Morgan fingerprint density at radius 3 is 2.24 bits per heavy atom. The van der Waals surface area contributed by atoms with Crippen LogP contribution in [0.25, 0.3) is 0 Å². The minimum atomic E-state index is -0.737. The van der Waals surface area contributed by atoms with Crippen molar-refractivity contribution in [1.29, 1.82) is 0 Å². The molecule has 0 spiro atoms. The normalized spacial score (nSPS) is 12.1. The van der Waals surface area contributed by atoms with Gasteiger partial charge in [-0.15, -0.1) is 0 Å². The summed E-state index contributed by atoms with van der Waals surface area (Å²) in [6, 6.07) is 10.2. The van der Waals surface area contributed by atoms with Crippen LogP contribution >= 0.6 is 39.1 Å². The summed E-state index contributed by atoms with van der Waals surface area (Å²) in [4.78, 5) is 27.4. The van der Waals surface area contributed by atoms with Gasteiger partial charge in [0.25, 0.3) is 5.91 Å². The average Bonchev–Trinajstić information content (AvgIpc) is 2.75. The van der Waals surface area contributed by atoms with Gasteiger partial charge in [0.1, 0.15) is 11.8 Å². The highest BCUT2D eigenvalue weighted by Crippen LogP contribution is 2.30. The minimum absolute atomic E-state index is 0.0877. The lowest BCUT2D eigenvalue weighted by atomic mass is 10.0. The van der Waals surface area contributed by atoms with E-state index in [1.165, 1.54) is 4.90 Å². The lowest BCUT2D eigenvalue weighted by molar-refractivity contribution is -0.142. The molecule has 0 radical (unpaired) electrons. The summed E-state index contributed by atoms with van der Waals surface area (Å²) in [5.41, 5.74) is 1.74. The molecule has 2 rings (SSSR count). The molecule has 1 atom stereocenters. The highest BCUT2D eigenvalue weighted by molar-refractivity contribution is 9.10. The Hall–Kier alpha value is -1.76. The van der Waals surface area contributed by atoms with Crippen molar-refractivity contribution in [2.24, 2.45) is 5.92 Å². The van der Waals surface area contributed by atoms with Crippen molar-refractivity contribution in [3.8, 4) is 5.75 Å². The maximum Gasteiger partial charge on any atom is 0.261 e. The topological polar surface area (TPSA) is 58.6 Å². The van der Waals surface area contributed by atoms with Crippen molar-refractivity contribution >= 4 is 50.9 Å². The van der Waals surface area contributed by atoms with Gasteiger partial charge >= 0.3 is 0 Å². The van der Waals surface area contributed by atoms with Gasteiger partial charge in [-0.2, -0.15) is 0 Å². The van der Waals surface area contributed by atoms with Crippen LogP contribution in [0.15, 0.2) is 40.9 Å². The first kappa shape index (κ1) is 27.5. The number of halogens is 3. The fraction of sp³-hybridized carbons (Fsp3) is 0.440. The van der Waals surface area contributed by atoms with Crippen molar-refractivity contribution in [3.05, 3.63) is 62.0 Å². The number of ether oxygens (including phenoxy) is 1. The van der Waals surface area contributed by atoms with E-state index < -0.39 is 6.04 Å². The summed E-state index contributed by atoms with van der Waals surface area (Å²) in [5.74, 6) is 0.622. The quantitative estimate of drug-likeness (QED) is 0.365. The number of hydrogen-bond donors (Lipinski definition) is 1. The molecule has 0 aliphatic rings. The van der Waals surface area contributed by atoms with Crippen LogP contribution in [0.2, 0.25) is 10.0 Å². The molecule has 0 aliphatic heterocycles. The molecule has 0 aliphatic carbocycles. The van der Waals surface area contributed by atoms with Crippen molar-refractivity contribution in [2.45, 2.75) is 53.1 Å². The average molecular weight is 558 g/mol. The second kappa shape index (κ2) is 12.6. The van der Waals surface area contributed by atoms with Gasteiger partial charge in [-0.3, -0.25) is 9.59 Å². The summed E-state index contributed by atoms with van der Waals surface area (Å²) >= 11 is 16.2. The highest BCUT2D eigenvalue weighted by Gasteiger charge is 2.28. The first-order valence-electron chi connectivity index (χ1n) is 10.9. The van der Waals surface area contributed by atoms with Crippen molar-refractivity contribution < 1.29 is 14.3 Å². The number of hydrogen-bond acceptors (Lipinski definition) is 3. The maximum atomic E-state index is 13.2. The summed E-state index contributed by atoms with van der Waals surface area (Å²) in [5, 5.41) is 3.75. The Morgan fingerprint density at radius 2 is 1.70 bits per heavy atom. The van der Waals surface area contributed by atoms with Gasteiger partial charge in [-0.05, 0) is 64.5 Å². The summed E-state index contributed by atoms with van der Waals surface area (Å²) in [6.45, 7) is 10.3. The smallest absolute Gasteiger partial charge is 0.261 e. The first-order chi connectivity index (χ1) is 15.5. The molecule has 2 aromatic rings.